The number of rotatable bonds is 4. The van der Waals surface area contributed by atoms with Gasteiger partial charge in [0.25, 0.3) is 0 Å². The van der Waals surface area contributed by atoms with Crippen LogP contribution in [0.1, 0.15) is 11.1 Å². The van der Waals surface area contributed by atoms with E-state index in [1.165, 1.54) is 22.0 Å². The van der Waals surface area contributed by atoms with E-state index in [2.05, 4.69) is 41.4 Å². The van der Waals surface area contributed by atoms with Crippen molar-refractivity contribution in [2.45, 2.75) is 13.2 Å². The summed E-state index contributed by atoms with van der Waals surface area (Å²) in [6.45, 7) is 1.28. The highest BCUT2D eigenvalue weighted by atomic mass is 16.5. The SMILES string of the molecule is c1ccc(COCc2cccc3cc[nH]c23)cc1. The summed E-state index contributed by atoms with van der Waals surface area (Å²) in [6.07, 6.45) is 1.96. The van der Waals surface area contributed by atoms with Crippen molar-refractivity contribution in [3.8, 4) is 0 Å². The van der Waals surface area contributed by atoms with Gasteiger partial charge in [0.05, 0.1) is 18.7 Å². The number of benzene rings is 2. The van der Waals surface area contributed by atoms with Crippen molar-refractivity contribution < 1.29 is 4.74 Å². The quantitative estimate of drug-likeness (QED) is 0.731. The summed E-state index contributed by atoms with van der Waals surface area (Å²) in [6, 6.07) is 18.6. The molecule has 0 amide bonds. The van der Waals surface area contributed by atoms with Crippen LogP contribution in [0.3, 0.4) is 0 Å². The summed E-state index contributed by atoms with van der Waals surface area (Å²) in [5.74, 6) is 0. The second-order valence-corrected chi connectivity index (χ2v) is 4.34. The van der Waals surface area contributed by atoms with E-state index in [1.54, 1.807) is 0 Å². The van der Waals surface area contributed by atoms with E-state index in [0.29, 0.717) is 13.2 Å². The van der Waals surface area contributed by atoms with Crippen LogP contribution in [0.4, 0.5) is 0 Å². The molecule has 2 aromatic carbocycles. The number of H-pyrrole nitrogens is 1. The van der Waals surface area contributed by atoms with Gasteiger partial charge in [0, 0.05) is 11.8 Å². The van der Waals surface area contributed by atoms with Crippen molar-refractivity contribution in [3.63, 3.8) is 0 Å². The number of ether oxygens (including phenoxy) is 1. The van der Waals surface area contributed by atoms with Gasteiger partial charge in [0.15, 0.2) is 0 Å². The highest BCUT2D eigenvalue weighted by Crippen LogP contribution is 2.18. The second kappa shape index (κ2) is 5.07. The minimum Gasteiger partial charge on any atom is -0.372 e. The van der Waals surface area contributed by atoms with Crippen molar-refractivity contribution in [1.82, 2.24) is 4.98 Å². The van der Waals surface area contributed by atoms with Crippen LogP contribution in [0, 0.1) is 0 Å². The summed E-state index contributed by atoms with van der Waals surface area (Å²) in [5, 5.41) is 1.23. The molecule has 0 unspecified atom stereocenters. The third kappa shape index (κ3) is 2.29. The molecule has 2 nitrogen and oxygen atoms in total. The van der Waals surface area contributed by atoms with Gasteiger partial charge in [-0.25, -0.2) is 0 Å². The molecule has 0 bridgehead atoms. The zero-order chi connectivity index (χ0) is 12.2. The molecule has 3 rings (SSSR count). The van der Waals surface area contributed by atoms with Crippen LogP contribution >= 0.6 is 0 Å². The lowest BCUT2D eigenvalue weighted by Crippen LogP contribution is -1.94. The predicted octanol–water partition coefficient (Wildman–Crippen LogP) is 3.88. The van der Waals surface area contributed by atoms with Gasteiger partial charge < -0.3 is 9.72 Å². The van der Waals surface area contributed by atoms with Crippen LogP contribution in [0.2, 0.25) is 0 Å². The first-order valence-corrected chi connectivity index (χ1v) is 6.10. The Morgan fingerprint density at radius 1 is 0.833 bits per heavy atom. The number of hydrogen-bond acceptors (Lipinski definition) is 1. The van der Waals surface area contributed by atoms with Gasteiger partial charge in [-0.2, -0.15) is 0 Å². The van der Waals surface area contributed by atoms with Crippen molar-refractivity contribution in [3.05, 3.63) is 71.9 Å². The summed E-state index contributed by atoms with van der Waals surface area (Å²) in [4.78, 5) is 3.26. The molecule has 0 aliphatic carbocycles. The average molecular weight is 237 g/mol. The largest absolute Gasteiger partial charge is 0.372 e. The van der Waals surface area contributed by atoms with Crippen molar-refractivity contribution >= 4 is 10.9 Å². The molecule has 0 aliphatic rings. The van der Waals surface area contributed by atoms with Gasteiger partial charge in [-0.05, 0) is 17.0 Å². The third-order valence-electron chi connectivity index (χ3n) is 3.04. The lowest BCUT2D eigenvalue weighted by molar-refractivity contribution is 0.108. The number of aromatic nitrogens is 1. The van der Waals surface area contributed by atoms with E-state index in [0.717, 1.165) is 0 Å². The molecule has 3 aromatic rings. The molecule has 0 saturated heterocycles. The Hall–Kier alpha value is -2.06. The Morgan fingerprint density at radius 2 is 1.72 bits per heavy atom. The predicted molar refractivity (Wildman–Crippen MR) is 73.2 cm³/mol. The lowest BCUT2D eigenvalue weighted by atomic mass is 10.1. The number of fused-ring (bicyclic) bond motifs is 1. The van der Waals surface area contributed by atoms with E-state index in [1.807, 2.05) is 24.4 Å². The van der Waals surface area contributed by atoms with Crippen LogP contribution in [0.25, 0.3) is 10.9 Å². The molecule has 18 heavy (non-hydrogen) atoms. The standard InChI is InChI=1S/C16H15NO/c1-2-5-13(6-3-1)11-18-12-15-8-4-7-14-9-10-17-16(14)15/h1-10,17H,11-12H2. The van der Waals surface area contributed by atoms with E-state index in [9.17, 15) is 0 Å². The Labute approximate surface area is 106 Å². The molecule has 0 radical (unpaired) electrons. The fourth-order valence-electron chi connectivity index (χ4n) is 2.12. The Kier molecular flexibility index (Phi) is 3.11. The fraction of sp³-hybridized carbons (Fsp3) is 0.125. The van der Waals surface area contributed by atoms with Gasteiger partial charge in [-0.15, -0.1) is 0 Å². The highest BCUT2D eigenvalue weighted by molar-refractivity contribution is 5.82. The smallest absolute Gasteiger partial charge is 0.0741 e. The zero-order valence-electron chi connectivity index (χ0n) is 10.1. The minimum atomic E-state index is 0.632. The summed E-state index contributed by atoms with van der Waals surface area (Å²) < 4.78 is 5.76. The molecule has 1 heterocycles. The monoisotopic (exact) mass is 237 g/mol. The maximum absolute atomic E-state index is 5.76. The normalized spacial score (nSPS) is 10.9. The van der Waals surface area contributed by atoms with Gasteiger partial charge in [0.1, 0.15) is 0 Å². The summed E-state index contributed by atoms with van der Waals surface area (Å²) in [5.41, 5.74) is 3.58. The molecule has 0 saturated carbocycles. The molecule has 1 aromatic heterocycles. The molecular weight excluding hydrogens is 222 g/mol. The van der Waals surface area contributed by atoms with Crippen LogP contribution in [-0.4, -0.2) is 4.98 Å². The number of nitrogens with one attached hydrogen (secondary N) is 1. The Bertz CT molecular complexity index is 628. The van der Waals surface area contributed by atoms with E-state index in [-0.39, 0.29) is 0 Å². The van der Waals surface area contributed by atoms with Gasteiger partial charge in [-0.3, -0.25) is 0 Å². The number of hydrogen-bond donors (Lipinski definition) is 1. The molecule has 0 fully saturated rings. The highest BCUT2D eigenvalue weighted by Gasteiger charge is 2.01. The topological polar surface area (TPSA) is 25.0 Å². The Morgan fingerprint density at radius 3 is 2.61 bits per heavy atom. The minimum absolute atomic E-state index is 0.632. The van der Waals surface area contributed by atoms with E-state index >= 15 is 0 Å². The van der Waals surface area contributed by atoms with E-state index in [4.69, 9.17) is 4.74 Å². The fourth-order valence-corrected chi connectivity index (χ4v) is 2.12. The summed E-state index contributed by atoms with van der Waals surface area (Å²) >= 11 is 0. The van der Waals surface area contributed by atoms with Gasteiger partial charge in [-0.1, -0.05) is 48.5 Å². The van der Waals surface area contributed by atoms with E-state index < -0.39 is 0 Å². The molecule has 1 N–H and O–H groups in total. The van der Waals surface area contributed by atoms with Crippen molar-refractivity contribution in [1.29, 1.82) is 0 Å². The second-order valence-electron chi connectivity index (χ2n) is 4.34. The summed E-state index contributed by atoms with van der Waals surface area (Å²) in [7, 11) is 0. The van der Waals surface area contributed by atoms with Crippen LogP contribution in [0.5, 0.6) is 0 Å². The molecule has 0 atom stereocenters. The first-order valence-electron chi connectivity index (χ1n) is 6.10. The zero-order valence-corrected chi connectivity index (χ0v) is 10.1. The first kappa shape index (κ1) is 11.1. The van der Waals surface area contributed by atoms with Gasteiger partial charge >= 0.3 is 0 Å². The van der Waals surface area contributed by atoms with Crippen LogP contribution in [-0.2, 0) is 18.0 Å². The number of para-hydroxylation sites is 1. The third-order valence-corrected chi connectivity index (χ3v) is 3.04. The molecule has 2 heteroatoms. The van der Waals surface area contributed by atoms with Crippen molar-refractivity contribution in [2.75, 3.05) is 0 Å². The molecule has 90 valence electrons. The number of aromatic amines is 1. The maximum Gasteiger partial charge on any atom is 0.0741 e. The average Bonchev–Trinajstić information content (AvgIpc) is 2.89. The van der Waals surface area contributed by atoms with Crippen molar-refractivity contribution in [2.24, 2.45) is 0 Å². The van der Waals surface area contributed by atoms with Crippen LogP contribution < -0.4 is 0 Å². The van der Waals surface area contributed by atoms with Crippen LogP contribution in [0.15, 0.2) is 60.8 Å². The molecular formula is C16H15NO. The van der Waals surface area contributed by atoms with Gasteiger partial charge in [0.2, 0.25) is 0 Å². The molecule has 0 aliphatic heterocycles. The maximum atomic E-state index is 5.76. The first-order chi connectivity index (χ1) is 8.93. The Balaban J connectivity index is 1.68. The molecule has 0 spiro atoms. The lowest BCUT2D eigenvalue weighted by Gasteiger charge is -2.05.